The Morgan fingerprint density at radius 2 is 2.35 bits per heavy atom. The highest BCUT2D eigenvalue weighted by Gasteiger charge is 2.17. The second kappa shape index (κ2) is 8.04. The largest absolute Gasteiger partial charge is 0.351 e. The Morgan fingerprint density at radius 3 is 3.13 bits per heavy atom. The average molecular weight is 350 g/mol. The molecule has 23 heavy (non-hydrogen) atoms. The van der Waals surface area contributed by atoms with Gasteiger partial charge in [-0.15, -0.1) is 11.3 Å². The number of likely N-dealkylation sites (tertiary alicyclic amines) is 1. The lowest BCUT2D eigenvalue weighted by atomic mass is 10.0. The first-order chi connectivity index (χ1) is 11.2. The molecular formula is C17H23N3OS2. The van der Waals surface area contributed by atoms with Crippen molar-refractivity contribution in [2.45, 2.75) is 38.6 Å². The van der Waals surface area contributed by atoms with Gasteiger partial charge >= 0.3 is 0 Å². The van der Waals surface area contributed by atoms with E-state index in [1.54, 1.807) is 11.3 Å². The first-order valence-corrected chi connectivity index (χ1v) is 10.1. The van der Waals surface area contributed by atoms with Crippen LogP contribution in [0.25, 0.3) is 10.6 Å². The predicted octanol–water partition coefficient (Wildman–Crippen LogP) is 3.87. The number of thiophene rings is 1. The first-order valence-electron chi connectivity index (χ1n) is 8.24. The van der Waals surface area contributed by atoms with Gasteiger partial charge in [0.15, 0.2) is 0 Å². The van der Waals surface area contributed by atoms with Crippen LogP contribution in [0.15, 0.2) is 22.2 Å². The van der Waals surface area contributed by atoms with Gasteiger partial charge < -0.3 is 10.2 Å². The molecule has 0 radical (unpaired) electrons. The molecule has 2 aromatic heterocycles. The highest BCUT2D eigenvalue weighted by atomic mass is 32.1. The molecule has 3 rings (SSSR count). The molecule has 1 atom stereocenters. The number of carbonyl (C=O) groups is 1. The molecule has 2 aromatic rings. The molecular weight excluding hydrogens is 326 g/mol. The minimum absolute atomic E-state index is 0.0607. The van der Waals surface area contributed by atoms with Crippen LogP contribution in [0.4, 0.5) is 0 Å². The molecule has 0 aliphatic carbocycles. The number of aromatic nitrogens is 1. The Bertz CT molecular complexity index is 624. The Morgan fingerprint density at radius 1 is 1.43 bits per heavy atom. The van der Waals surface area contributed by atoms with Crippen LogP contribution in [0.1, 0.15) is 43.1 Å². The number of rotatable bonds is 6. The van der Waals surface area contributed by atoms with Gasteiger partial charge in [-0.25, -0.2) is 4.98 Å². The van der Waals surface area contributed by atoms with Crippen LogP contribution in [-0.4, -0.2) is 41.5 Å². The number of piperidine rings is 1. The van der Waals surface area contributed by atoms with E-state index in [0.717, 1.165) is 23.5 Å². The van der Waals surface area contributed by atoms with Crippen LogP contribution in [0, 0.1) is 0 Å². The lowest BCUT2D eigenvalue weighted by Crippen LogP contribution is -2.39. The summed E-state index contributed by atoms with van der Waals surface area (Å²) >= 11 is 3.17. The second-order valence-corrected chi connectivity index (χ2v) is 7.68. The van der Waals surface area contributed by atoms with E-state index in [1.165, 1.54) is 37.1 Å². The van der Waals surface area contributed by atoms with E-state index in [9.17, 15) is 4.79 Å². The summed E-state index contributed by atoms with van der Waals surface area (Å²) in [6, 6.07) is 2.72. The summed E-state index contributed by atoms with van der Waals surface area (Å²) < 4.78 is 0. The molecule has 1 aliphatic rings. The normalized spacial score (nSPS) is 18.9. The van der Waals surface area contributed by atoms with Crippen molar-refractivity contribution in [1.29, 1.82) is 0 Å². The smallest absolute Gasteiger partial charge is 0.270 e. The van der Waals surface area contributed by atoms with Crippen LogP contribution in [-0.2, 0) is 0 Å². The summed E-state index contributed by atoms with van der Waals surface area (Å²) in [6.45, 7) is 5.29. The van der Waals surface area contributed by atoms with Gasteiger partial charge in [0.05, 0.1) is 0 Å². The van der Waals surface area contributed by atoms with Gasteiger partial charge in [0, 0.05) is 35.5 Å². The monoisotopic (exact) mass is 349 g/mol. The van der Waals surface area contributed by atoms with E-state index >= 15 is 0 Å². The lowest BCUT2D eigenvalue weighted by Gasteiger charge is -2.33. The van der Waals surface area contributed by atoms with Gasteiger partial charge in [-0.05, 0) is 44.2 Å². The number of carbonyl (C=O) groups excluding carboxylic acids is 1. The number of hydrogen-bond donors (Lipinski definition) is 1. The zero-order chi connectivity index (χ0) is 16.1. The van der Waals surface area contributed by atoms with E-state index in [0.29, 0.717) is 18.3 Å². The van der Waals surface area contributed by atoms with Crippen molar-refractivity contribution in [2.24, 2.45) is 0 Å². The second-order valence-electron chi connectivity index (χ2n) is 6.04. The van der Waals surface area contributed by atoms with Gasteiger partial charge in [-0.2, -0.15) is 11.3 Å². The summed E-state index contributed by atoms with van der Waals surface area (Å²) in [5.74, 6) is -0.0607. The first kappa shape index (κ1) is 16.6. The van der Waals surface area contributed by atoms with Crippen molar-refractivity contribution < 1.29 is 4.79 Å². The van der Waals surface area contributed by atoms with E-state index in [-0.39, 0.29) is 5.91 Å². The third-order valence-electron chi connectivity index (χ3n) is 4.35. The number of nitrogens with one attached hydrogen (secondary N) is 1. The summed E-state index contributed by atoms with van der Waals surface area (Å²) in [6.07, 6.45) is 4.96. The summed E-state index contributed by atoms with van der Waals surface area (Å²) in [4.78, 5) is 19.1. The van der Waals surface area contributed by atoms with E-state index < -0.39 is 0 Å². The maximum atomic E-state index is 12.2. The topological polar surface area (TPSA) is 45.2 Å². The van der Waals surface area contributed by atoms with Gasteiger partial charge in [0.2, 0.25) is 0 Å². The number of hydrogen-bond acceptors (Lipinski definition) is 5. The fourth-order valence-electron chi connectivity index (χ4n) is 2.96. The molecule has 1 N–H and O–H groups in total. The number of thiazole rings is 1. The lowest BCUT2D eigenvalue weighted by molar-refractivity contribution is 0.0944. The Hall–Kier alpha value is -1.24. The molecule has 0 unspecified atom stereocenters. The van der Waals surface area contributed by atoms with Gasteiger partial charge in [-0.1, -0.05) is 6.42 Å². The third kappa shape index (κ3) is 4.40. The van der Waals surface area contributed by atoms with E-state index in [2.05, 4.69) is 27.5 Å². The molecule has 3 heterocycles. The van der Waals surface area contributed by atoms with Crippen molar-refractivity contribution in [1.82, 2.24) is 15.2 Å². The fraction of sp³-hybridized carbons (Fsp3) is 0.529. The molecule has 1 fully saturated rings. The number of amides is 1. The Balaban J connectivity index is 1.43. The van der Waals surface area contributed by atoms with Crippen LogP contribution >= 0.6 is 22.7 Å². The molecule has 4 nitrogen and oxygen atoms in total. The highest BCUT2D eigenvalue weighted by molar-refractivity contribution is 7.14. The maximum Gasteiger partial charge on any atom is 0.270 e. The standard InChI is InChI=1S/C17H23N3OS2/c1-13-5-2-3-8-20(13)9-4-7-18-16(21)15-12-23-17(19-15)14-6-10-22-11-14/h6,10-13H,2-5,7-9H2,1H3,(H,18,21)/t13-/m1/s1. The van der Waals surface area contributed by atoms with Gasteiger partial charge in [-0.3, -0.25) is 4.79 Å². The fourth-order valence-corrected chi connectivity index (χ4v) is 4.47. The van der Waals surface area contributed by atoms with Crippen LogP contribution in [0.5, 0.6) is 0 Å². The average Bonchev–Trinajstić information content (AvgIpc) is 3.23. The van der Waals surface area contributed by atoms with E-state index in [1.807, 2.05) is 16.8 Å². The van der Waals surface area contributed by atoms with Gasteiger partial charge in [0.25, 0.3) is 5.91 Å². The van der Waals surface area contributed by atoms with Gasteiger partial charge in [0.1, 0.15) is 10.7 Å². The SMILES string of the molecule is C[C@@H]1CCCCN1CCCNC(=O)c1csc(-c2ccsc2)n1. The molecule has 0 spiro atoms. The van der Waals surface area contributed by atoms with Crippen LogP contribution in [0.3, 0.4) is 0 Å². The molecule has 0 aromatic carbocycles. The quantitative estimate of drug-likeness (QED) is 0.805. The maximum absolute atomic E-state index is 12.2. The minimum atomic E-state index is -0.0607. The molecule has 1 amide bonds. The van der Waals surface area contributed by atoms with Crippen LogP contribution < -0.4 is 5.32 Å². The minimum Gasteiger partial charge on any atom is -0.351 e. The van der Waals surface area contributed by atoms with Crippen molar-refractivity contribution in [3.63, 3.8) is 0 Å². The number of nitrogens with zero attached hydrogens (tertiary/aromatic N) is 2. The highest BCUT2D eigenvalue weighted by Crippen LogP contribution is 2.25. The Labute approximate surface area is 145 Å². The zero-order valence-electron chi connectivity index (χ0n) is 13.5. The molecule has 1 saturated heterocycles. The summed E-state index contributed by atoms with van der Waals surface area (Å²) in [5, 5.41) is 9.83. The van der Waals surface area contributed by atoms with E-state index in [4.69, 9.17) is 0 Å². The predicted molar refractivity (Wildman–Crippen MR) is 97.3 cm³/mol. The molecule has 124 valence electrons. The van der Waals surface area contributed by atoms with Crippen molar-refractivity contribution in [3.05, 3.63) is 27.9 Å². The summed E-state index contributed by atoms with van der Waals surface area (Å²) in [5.41, 5.74) is 1.63. The van der Waals surface area contributed by atoms with Crippen molar-refractivity contribution >= 4 is 28.6 Å². The zero-order valence-corrected chi connectivity index (χ0v) is 15.1. The van der Waals surface area contributed by atoms with Crippen LogP contribution in [0.2, 0.25) is 0 Å². The molecule has 1 aliphatic heterocycles. The van der Waals surface area contributed by atoms with Crippen molar-refractivity contribution in [2.75, 3.05) is 19.6 Å². The third-order valence-corrected chi connectivity index (χ3v) is 5.93. The molecule has 6 heteroatoms. The molecule has 0 saturated carbocycles. The summed E-state index contributed by atoms with van der Waals surface area (Å²) in [7, 11) is 0. The molecule has 0 bridgehead atoms. The van der Waals surface area contributed by atoms with Crippen molar-refractivity contribution in [3.8, 4) is 10.6 Å². The Kier molecular flexibility index (Phi) is 5.80.